The Bertz CT molecular complexity index is 228. The molecule has 0 rings (SSSR count). The van der Waals surface area contributed by atoms with Crippen molar-refractivity contribution in [2.24, 2.45) is 23.7 Å². The average molecular weight is 271 g/mol. The predicted molar refractivity (Wildman–Crippen MR) is 86.5 cm³/mol. The minimum atomic E-state index is -0.0257. The van der Waals surface area contributed by atoms with Crippen molar-refractivity contribution in [3.05, 3.63) is 0 Å². The normalized spacial score (nSPS) is 19.3. The van der Waals surface area contributed by atoms with Crippen molar-refractivity contribution < 1.29 is 4.74 Å². The third kappa shape index (κ3) is 5.85. The Balaban J connectivity index is 5.15. The first-order valence-electron chi connectivity index (χ1n) is 8.13. The van der Waals surface area contributed by atoms with E-state index >= 15 is 0 Å². The maximum atomic E-state index is 6.77. The quantitative estimate of drug-likeness (QED) is 0.531. The predicted octanol–water partition coefficient (Wildman–Crippen LogP) is 5.92. The van der Waals surface area contributed by atoms with Crippen LogP contribution in [-0.2, 0) is 4.74 Å². The van der Waals surface area contributed by atoms with Gasteiger partial charge in [0.2, 0.25) is 0 Å². The Kier molecular flexibility index (Phi) is 7.09. The molecule has 2 unspecified atom stereocenters. The van der Waals surface area contributed by atoms with E-state index in [4.69, 9.17) is 4.74 Å². The highest BCUT2D eigenvalue weighted by atomic mass is 16.5. The summed E-state index contributed by atoms with van der Waals surface area (Å²) in [6.45, 7) is 22.9. The average Bonchev–Trinajstić information content (AvgIpc) is 2.13. The third-order valence-electron chi connectivity index (χ3n) is 4.54. The maximum Gasteiger partial charge on any atom is 0.0687 e. The molecule has 0 bridgehead atoms. The molecule has 0 aliphatic carbocycles. The molecular formula is C18H38O. The lowest BCUT2D eigenvalue weighted by Gasteiger charge is -2.46. The molecule has 0 fully saturated rings. The molecule has 0 saturated carbocycles. The Hall–Kier alpha value is -0.0400. The van der Waals surface area contributed by atoms with Crippen molar-refractivity contribution >= 4 is 0 Å². The van der Waals surface area contributed by atoms with E-state index in [9.17, 15) is 0 Å². The van der Waals surface area contributed by atoms with Gasteiger partial charge in [0, 0.05) is 0 Å². The fourth-order valence-corrected chi connectivity index (χ4v) is 2.94. The number of ether oxygens (including phenoxy) is 1. The number of rotatable bonds is 8. The molecule has 0 amide bonds. The molecule has 19 heavy (non-hydrogen) atoms. The fraction of sp³-hybridized carbons (Fsp3) is 1.00. The van der Waals surface area contributed by atoms with Crippen molar-refractivity contribution in [1.82, 2.24) is 0 Å². The van der Waals surface area contributed by atoms with Gasteiger partial charge in [-0.1, -0.05) is 55.4 Å². The molecule has 0 spiro atoms. The van der Waals surface area contributed by atoms with Gasteiger partial charge in [-0.25, -0.2) is 0 Å². The molecule has 0 heterocycles. The van der Waals surface area contributed by atoms with Crippen molar-refractivity contribution in [2.75, 3.05) is 0 Å². The molecule has 0 aromatic rings. The van der Waals surface area contributed by atoms with Crippen molar-refractivity contribution in [3.63, 3.8) is 0 Å². The van der Waals surface area contributed by atoms with Crippen LogP contribution in [0.1, 0.15) is 82.1 Å². The van der Waals surface area contributed by atoms with Crippen LogP contribution in [0.25, 0.3) is 0 Å². The highest BCUT2D eigenvalue weighted by molar-refractivity contribution is 4.89. The SMILES string of the molecule is CC(C)CC(C)(OC(C)(CC(C)C)C(C)C)C(C)C. The summed E-state index contributed by atoms with van der Waals surface area (Å²) >= 11 is 0. The van der Waals surface area contributed by atoms with Gasteiger partial charge in [-0.2, -0.15) is 0 Å². The topological polar surface area (TPSA) is 9.23 Å². The smallest absolute Gasteiger partial charge is 0.0687 e. The van der Waals surface area contributed by atoms with Crippen LogP contribution in [0.3, 0.4) is 0 Å². The lowest BCUT2D eigenvalue weighted by atomic mass is 9.79. The summed E-state index contributed by atoms with van der Waals surface area (Å²) in [5, 5.41) is 0. The van der Waals surface area contributed by atoms with Crippen LogP contribution in [0.2, 0.25) is 0 Å². The van der Waals surface area contributed by atoms with E-state index in [1.165, 1.54) is 0 Å². The third-order valence-corrected chi connectivity index (χ3v) is 4.54. The molecule has 0 saturated heterocycles. The zero-order valence-corrected chi connectivity index (χ0v) is 15.1. The first-order valence-corrected chi connectivity index (χ1v) is 8.13. The van der Waals surface area contributed by atoms with E-state index in [0.29, 0.717) is 23.7 Å². The molecule has 0 aromatic carbocycles. The summed E-state index contributed by atoms with van der Waals surface area (Å²) in [6.07, 6.45) is 2.26. The van der Waals surface area contributed by atoms with Crippen LogP contribution in [0.5, 0.6) is 0 Å². The van der Waals surface area contributed by atoms with Crippen LogP contribution in [0, 0.1) is 23.7 Å². The highest BCUT2D eigenvalue weighted by Gasteiger charge is 2.40. The van der Waals surface area contributed by atoms with Gasteiger partial charge in [-0.3, -0.25) is 0 Å². The minimum absolute atomic E-state index is 0.0257. The lowest BCUT2D eigenvalue weighted by molar-refractivity contribution is -0.193. The van der Waals surface area contributed by atoms with Crippen molar-refractivity contribution in [2.45, 2.75) is 93.3 Å². The molecule has 1 heteroatoms. The maximum absolute atomic E-state index is 6.77. The molecule has 116 valence electrons. The van der Waals surface area contributed by atoms with Gasteiger partial charge >= 0.3 is 0 Å². The molecule has 2 atom stereocenters. The second-order valence-corrected chi connectivity index (χ2v) is 8.23. The van der Waals surface area contributed by atoms with Crippen molar-refractivity contribution in [3.8, 4) is 0 Å². The van der Waals surface area contributed by atoms with Gasteiger partial charge in [0.05, 0.1) is 11.2 Å². The van der Waals surface area contributed by atoms with E-state index in [1.807, 2.05) is 0 Å². The van der Waals surface area contributed by atoms with Gasteiger partial charge < -0.3 is 4.74 Å². The highest BCUT2D eigenvalue weighted by Crippen LogP contribution is 2.39. The summed E-state index contributed by atoms with van der Waals surface area (Å²) in [6, 6.07) is 0. The van der Waals surface area contributed by atoms with Gasteiger partial charge in [0.1, 0.15) is 0 Å². The summed E-state index contributed by atoms with van der Waals surface area (Å²) in [7, 11) is 0. The first-order chi connectivity index (χ1) is 8.43. The van der Waals surface area contributed by atoms with Crippen LogP contribution in [0.4, 0.5) is 0 Å². The lowest BCUT2D eigenvalue weighted by Crippen LogP contribution is -2.48. The fourth-order valence-electron chi connectivity index (χ4n) is 2.94. The van der Waals surface area contributed by atoms with Crippen LogP contribution >= 0.6 is 0 Å². The number of hydrogen-bond donors (Lipinski definition) is 0. The Labute approximate surface area is 122 Å². The number of hydrogen-bond acceptors (Lipinski definition) is 1. The summed E-state index contributed by atoms with van der Waals surface area (Å²) in [4.78, 5) is 0. The van der Waals surface area contributed by atoms with E-state index in [2.05, 4.69) is 69.2 Å². The second-order valence-electron chi connectivity index (χ2n) is 8.23. The molecule has 0 N–H and O–H groups in total. The van der Waals surface area contributed by atoms with Gasteiger partial charge in [-0.15, -0.1) is 0 Å². The molecule has 0 aromatic heterocycles. The van der Waals surface area contributed by atoms with E-state index in [0.717, 1.165) is 12.8 Å². The standard InChI is InChI=1S/C18H38O/c1-13(2)11-17(9,15(5)6)19-18(10,16(7)8)12-14(3)4/h13-16H,11-12H2,1-10H3. The molecule has 1 nitrogen and oxygen atoms in total. The van der Waals surface area contributed by atoms with E-state index in [-0.39, 0.29) is 11.2 Å². The minimum Gasteiger partial charge on any atom is -0.369 e. The largest absolute Gasteiger partial charge is 0.369 e. The Morgan fingerprint density at radius 3 is 1.05 bits per heavy atom. The molecule has 0 aliphatic rings. The molecule has 0 radical (unpaired) electrons. The van der Waals surface area contributed by atoms with Gasteiger partial charge in [-0.05, 0) is 50.4 Å². The summed E-state index contributed by atoms with van der Waals surface area (Å²) in [5.74, 6) is 2.42. The van der Waals surface area contributed by atoms with Crippen LogP contribution in [-0.4, -0.2) is 11.2 Å². The molecular weight excluding hydrogens is 232 g/mol. The van der Waals surface area contributed by atoms with E-state index in [1.54, 1.807) is 0 Å². The van der Waals surface area contributed by atoms with Crippen molar-refractivity contribution in [1.29, 1.82) is 0 Å². The zero-order valence-electron chi connectivity index (χ0n) is 15.1. The molecule has 0 aliphatic heterocycles. The summed E-state index contributed by atoms with van der Waals surface area (Å²) in [5.41, 5.74) is -0.0514. The van der Waals surface area contributed by atoms with Crippen LogP contribution < -0.4 is 0 Å². The zero-order chi connectivity index (χ0) is 15.4. The second kappa shape index (κ2) is 7.11. The van der Waals surface area contributed by atoms with Gasteiger partial charge in [0.15, 0.2) is 0 Å². The first kappa shape index (κ1) is 19.0. The van der Waals surface area contributed by atoms with E-state index < -0.39 is 0 Å². The Morgan fingerprint density at radius 1 is 0.632 bits per heavy atom. The Morgan fingerprint density at radius 2 is 0.895 bits per heavy atom. The summed E-state index contributed by atoms with van der Waals surface area (Å²) < 4.78 is 6.77. The van der Waals surface area contributed by atoms with Gasteiger partial charge in [0.25, 0.3) is 0 Å². The monoisotopic (exact) mass is 270 g/mol. The van der Waals surface area contributed by atoms with Crippen LogP contribution in [0.15, 0.2) is 0 Å².